The molecule has 0 aromatic rings. The van der Waals surface area contributed by atoms with Gasteiger partial charge in [0.1, 0.15) is 0 Å². The molecule has 0 aromatic heterocycles. The monoisotopic (exact) mass is 232 g/mol. The fourth-order valence-electron chi connectivity index (χ4n) is 1.08. The lowest BCUT2D eigenvalue weighted by Crippen LogP contribution is -2.07. The van der Waals surface area contributed by atoms with E-state index in [1.165, 1.54) is 7.11 Å². The molecule has 5 nitrogen and oxygen atoms in total. The average Bonchev–Trinajstić information content (AvgIpc) is 2.25. The molecule has 0 radical (unpaired) electrons. The molecule has 0 heterocycles. The van der Waals surface area contributed by atoms with Gasteiger partial charge >= 0.3 is 11.9 Å². The number of hydrogen-bond donors (Lipinski definition) is 0. The molecule has 0 aliphatic rings. The molecule has 0 rings (SSSR count). The number of carbonyl (C=O) groups excluding carboxylic acids is 2. The number of rotatable bonds is 9. The molecule has 0 bridgehead atoms. The van der Waals surface area contributed by atoms with Crippen LogP contribution in [0.3, 0.4) is 0 Å². The predicted octanol–water partition coefficient (Wildman–Crippen LogP) is 1.99. The Bertz CT molecular complexity index is 203. The fourth-order valence-corrected chi connectivity index (χ4v) is 1.08. The molecule has 5 heteroatoms. The van der Waals surface area contributed by atoms with Gasteiger partial charge in [-0.05, 0) is 19.3 Å². The van der Waals surface area contributed by atoms with Crippen LogP contribution in [0.15, 0.2) is 0 Å². The Balaban J connectivity index is 3.30. The lowest BCUT2D eigenvalue weighted by Gasteiger charge is -2.03. The van der Waals surface area contributed by atoms with E-state index in [0.717, 1.165) is 12.8 Å². The second-order valence-corrected chi connectivity index (χ2v) is 3.40. The highest BCUT2D eigenvalue weighted by Crippen LogP contribution is 2.03. The van der Waals surface area contributed by atoms with E-state index in [9.17, 15) is 9.59 Å². The minimum atomic E-state index is -0.415. The van der Waals surface area contributed by atoms with Gasteiger partial charge in [-0.1, -0.05) is 13.3 Å². The van der Waals surface area contributed by atoms with Crippen LogP contribution in [0.2, 0.25) is 0 Å². The molecule has 0 N–H and O–H groups in total. The predicted molar refractivity (Wildman–Crippen MR) is 57.4 cm³/mol. The Labute approximate surface area is 96.0 Å². The number of ether oxygens (including phenoxy) is 1. The Morgan fingerprint density at radius 2 is 1.62 bits per heavy atom. The average molecular weight is 232 g/mol. The summed E-state index contributed by atoms with van der Waals surface area (Å²) in [6.45, 7) is 2.52. The minimum Gasteiger partial charge on any atom is -0.466 e. The van der Waals surface area contributed by atoms with Crippen LogP contribution < -0.4 is 0 Å². The molecule has 16 heavy (non-hydrogen) atoms. The van der Waals surface area contributed by atoms with Crippen LogP contribution in [0.5, 0.6) is 0 Å². The third-order valence-corrected chi connectivity index (χ3v) is 1.95. The third kappa shape index (κ3) is 9.45. The van der Waals surface area contributed by atoms with Gasteiger partial charge in [-0.3, -0.25) is 9.68 Å². The summed E-state index contributed by atoms with van der Waals surface area (Å²) in [6.07, 6.45) is 3.75. The Morgan fingerprint density at radius 1 is 1.00 bits per heavy atom. The molecule has 0 fully saturated rings. The molecule has 0 aromatic carbocycles. The van der Waals surface area contributed by atoms with Crippen LogP contribution in [0.1, 0.15) is 45.4 Å². The van der Waals surface area contributed by atoms with Gasteiger partial charge < -0.3 is 4.74 Å². The van der Waals surface area contributed by atoms with Crippen LogP contribution >= 0.6 is 0 Å². The molecular formula is C11H20O5. The van der Waals surface area contributed by atoms with Crippen molar-refractivity contribution >= 4 is 11.9 Å². The van der Waals surface area contributed by atoms with E-state index in [1.807, 2.05) is 6.92 Å². The zero-order valence-corrected chi connectivity index (χ0v) is 9.99. The maximum Gasteiger partial charge on any atom is 0.342 e. The number of carbonyl (C=O) groups is 2. The summed E-state index contributed by atoms with van der Waals surface area (Å²) < 4.78 is 4.96. The Hall–Kier alpha value is -1.10. The van der Waals surface area contributed by atoms with Crippen LogP contribution in [0.4, 0.5) is 0 Å². The molecule has 0 spiro atoms. The van der Waals surface area contributed by atoms with Crippen LogP contribution in [0, 0.1) is 0 Å². The summed E-state index contributed by atoms with van der Waals surface area (Å²) in [5, 5.41) is 0. The van der Waals surface area contributed by atoms with Crippen molar-refractivity contribution in [3.63, 3.8) is 0 Å². The first-order valence-corrected chi connectivity index (χ1v) is 5.59. The number of hydrogen-bond acceptors (Lipinski definition) is 5. The van der Waals surface area contributed by atoms with Gasteiger partial charge in [0.15, 0.2) is 0 Å². The van der Waals surface area contributed by atoms with Gasteiger partial charge in [0.05, 0.1) is 13.7 Å². The fraction of sp³-hybridized carbons (Fsp3) is 0.818. The van der Waals surface area contributed by atoms with E-state index in [2.05, 4.69) is 9.78 Å². The quantitative estimate of drug-likeness (QED) is 0.263. The van der Waals surface area contributed by atoms with Crippen molar-refractivity contribution < 1.29 is 24.1 Å². The van der Waals surface area contributed by atoms with E-state index < -0.39 is 5.97 Å². The second kappa shape index (κ2) is 10.4. The highest BCUT2D eigenvalue weighted by Gasteiger charge is 2.05. The molecule has 0 saturated carbocycles. The van der Waals surface area contributed by atoms with Gasteiger partial charge in [-0.2, -0.15) is 4.89 Å². The van der Waals surface area contributed by atoms with Crippen molar-refractivity contribution in [1.29, 1.82) is 0 Å². The van der Waals surface area contributed by atoms with Crippen molar-refractivity contribution in [2.45, 2.75) is 45.4 Å². The summed E-state index contributed by atoms with van der Waals surface area (Å²) in [6, 6.07) is 0. The standard InChI is InChI=1S/C11H20O5/c1-3-4-9-15-10(12)7-5-6-8-11(13)16-14-2/h3-9H2,1-2H3. The zero-order chi connectivity index (χ0) is 12.2. The molecule has 0 aliphatic carbocycles. The van der Waals surface area contributed by atoms with Crippen molar-refractivity contribution in [3.05, 3.63) is 0 Å². The van der Waals surface area contributed by atoms with Gasteiger partial charge in [-0.15, -0.1) is 0 Å². The van der Waals surface area contributed by atoms with E-state index in [-0.39, 0.29) is 12.4 Å². The summed E-state index contributed by atoms with van der Waals surface area (Å²) in [5.74, 6) is -0.615. The summed E-state index contributed by atoms with van der Waals surface area (Å²) >= 11 is 0. The molecule has 0 saturated heterocycles. The smallest absolute Gasteiger partial charge is 0.342 e. The summed E-state index contributed by atoms with van der Waals surface area (Å²) in [4.78, 5) is 30.4. The Kier molecular flexibility index (Phi) is 9.70. The van der Waals surface area contributed by atoms with Crippen LogP contribution in [0.25, 0.3) is 0 Å². The summed E-state index contributed by atoms with van der Waals surface area (Å²) in [7, 11) is 1.28. The van der Waals surface area contributed by atoms with Crippen molar-refractivity contribution in [3.8, 4) is 0 Å². The zero-order valence-electron chi connectivity index (χ0n) is 9.99. The second-order valence-electron chi connectivity index (χ2n) is 3.40. The number of esters is 1. The first kappa shape index (κ1) is 14.9. The van der Waals surface area contributed by atoms with E-state index in [0.29, 0.717) is 25.9 Å². The first-order chi connectivity index (χ1) is 7.70. The molecule has 94 valence electrons. The number of unbranched alkanes of at least 4 members (excludes halogenated alkanes) is 2. The lowest BCUT2D eigenvalue weighted by atomic mass is 10.2. The SMILES string of the molecule is CCCCOC(=O)CCCCC(=O)OOC. The Morgan fingerprint density at radius 3 is 2.19 bits per heavy atom. The maximum atomic E-state index is 11.1. The van der Waals surface area contributed by atoms with Crippen molar-refractivity contribution in [1.82, 2.24) is 0 Å². The molecule has 0 aliphatic heterocycles. The lowest BCUT2D eigenvalue weighted by molar-refractivity contribution is -0.255. The van der Waals surface area contributed by atoms with Crippen molar-refractivity contribution in [2.24, 2.45) is 0 Å². The molecule has 0 atom stereocenters. The van der Waals surface area contributed by atoms with Crippen molar-refractivity contribution in [2.75, 3.05) is 13.7 Å². The van der Waals surface area contributed by atoms with Crippen LogP contribution in [-0.4, -0.2) is 25.7 Å². The molecular weight excluding hydrogens is 212 g/mol. The molecule has 0 unspecified atom stereocenters. The van der Waals surface area contributed by atoms with Gasteiger partial charge in [0.2, 0.25) is 0 Å². The van der Waals surface area contributed by atoms with Gasteiger partial charge in [0, 0.05) is 12.8 Å². The van der Waals surface area contributed by atoms with Gasteiger partial charge in [-0.25, -0.2) is 4.79 Å². The van der Waals surface area contributed by atoms with E-state index in [1.54, 1.807) is 0 Å². The summed E-state index contributed by atoms with van der Waals surface area (Å²) in [5.41, 5.74) is 0. The van der Waals surface area contributed by atoms with E-state index >= 15 is 0 Å². The van der Waals surface area contributed by atoms with Gasteiger partial charge in [0.25, 0.3) is 0 Å². The maximum absolute atomic E-state index is 11.1. The minimum absolute atomic E-state index is 0.200. The normalized spacial score (nSPS) is 9.88. The first-order valence-electron chi connectivity index (χ1n) is 5.59. The largest absolute Gasteiger partial charge is 0.466 e. The third-order valence-electron chi connectivity index (χ3n) is 1.95. The topological polar surface area (TPSA) is 61.8 Å². The molecule has 0 amide bonds. The van der Waals surface area contributed by atoms with Crippen LogP contribution in [-0.2, 0) is 24.1 Å². The van der Waals surface area contributed by atoms with E-state index in [4.69, 9.17) is 4.74 Å². The highest BCUT2D eigenvalue weighted by molar-refractivity contribution is 5.70. The highest BCUT2D eigenvalue weighted by atomic mass is 17.2.